The first-order chi connectivity index (χ1) is 17.1. The molecule has 2 N–H and O–H groups in total. The van der Waals surface area contributed by atoms with E-state index in [4.69, 9.17) is 4.74 Å². The predicted molar refractivity (Wildman–Crippen MR) is 133 cm³/mol. The van der Waals surface area contributed by atoms with Gasteiger partial charge in [-0.3, -0.25) is 4.79 Å². The third-order valence-electron chi connectivity index (χ3n) is 6.82. The lowest BCUT2D eigenvalue weighted by atomic mass is 9.95. The fraction of sp³-hybridized carbons (Fsp3) is 0.519. The molecular weight excluding hydrogens is 505 g/mol. The van der Waals surface area contributed by atoms with Crippen molar-refractivity contribution >= 4 is 5.91 Å². The van der Waals surface area contributed by atoms with Crippen LogP contribution < -0.4 is 27.8 Å². The standard InChI is InChI=1S/C27H35F3N4O2.ClH/c1-19(2)11-14-31-25(35)26(3)18-34-15-7-6-9-22(34)24(32-26)33-16-12-20(13-17-33)36-23-10-5-4-8-21(23)27(28,29)30;/h4-10,15,19-20,32H,11-14,16-18H2,1-3H3,(H,31,35);1H/p-1. The first kappa shape index (κ1) is 28.8. The average molecular weight is 540 g/mol. The van der Waals surface area contributed by atoms with Crippen LogP contribution in [0.3, 0.4) is 0 Å². The van der Waals surface area contributed by atoms with Crippen LogP contribution in [0.1, 0.15) is 45.6 Å². The number of para-hydroxylation sites is 1. The van der Waals surface area contributed by atoms with Crippen molar-refractivity contribution < 1.29 is 35.1 Å². The summed E-state index contributed by atoms with van der Waals surface area (Å²) in [4.78, 5) is 17.4. The Hall–Kier alpha value is -2.81. The number of piperidine rings is 1. The van der Waals surface area contributed by atoms with Gasteiger partial charge in [-0.2, -0.15) is 13.2 Å². The van der Waals surface area contributed by atoms with Gasteiger partial charge in [0.2, 0.25) is 5.91 Å². The van der Waals surface area contributed by atoms with Crippen molar-refractivity contribution in [3.8, 4) is 5.75 Å². The molecule has 10 heteroatoms. The number of likely N-dealkylation sites (tertiary alicyclic amines) is 1. The number of allylic oxidation sites excluding steroid dienone is 3. The number of carbonyl (C=O) groups is 1. The smallest absolute Gasteiger partial charge is 0.419 e. The van der Waals surface area contributed by atoms with Gasteiger partial charge >= 0.3 is 6.18 Å². The van der Waals surface area contributed by atoms with E-state index in [2.05, 4.69) is 34.3 Å². The lowest BCUT2D eigenvalue weighted by molar-refractivity contribution is -0.139. The van der Waals surface area contributed by atoms with Gasteiger partial charge in [0.15, 0.2) is 0 Å². The van der Waals surface area contributed by atoms with Crippen LogP contribution in [0.4, 0.5) is 13.2 Å². The number of nitrogens with zero attached hydrogens (tertiary/aromatic N) is 2. The largest absolute Gasteiger partial charge is 1.00 e. The lowest BCUT2D eigenvalue weighted by Gasteiger charge is -2.47. The van der Waals surface area contributed by atoms with E-state index in [9.17, 15) is 18.0 Å². The molecule has 3 heterocycles. The van der Waals surface area contributed by atoms with Crippen molar-refractivity contribution in [2.45, 2.75) is 57.9 Å². The summed E-state index contributed by atoms with van der Waals surface area (Å²) in [6.45, 7) is 8.47. The van der Waals surface area contributed by atoms with Gasteiger partial charge in [0, 0.05) is 38.7 Å². The topological polar surface area (TPSA) is 56.8 Å². The molecule has 0 aromatic heterocycles. The number of hydrogen-bond acceptors (Lipinski definition) is 5. The van der Waals surface area contributed by atoms with Crippen LogP contribution in [0.5, 0.6) is 5.75 Å². The molecule has 37 heavy (non-hydrogen) atoms. The van der Waals surface area contributed by atoms with Gasteiger partial charge in [0.05, 0.1) is 17.8 Å². The van der Waals surface area contributed by atoms with Crippen LogP contribution in [-0.4, -0.2) is 53.5 Å². The molecule has 1 amide bonds. The third kappa shape index (κ3) is 6.74. The number of rotatable bonds is 7. The molecule has 1 aromatic carbocycles. The Morgan fingerprint density at radius 1 is 1.22 bits per heavy atom. The summed E-state index contributed by atoms with van der Waals surface area (Å²) in [5, 5.41) is 6.58. The first-order valence-electron chi connectivity index (χ1n) is 12.6. The predicted octanol–water partition coefficient (Wildman–Crippen LogP) is 1.63. The third-order valence-corrected chi connectivity index (χ3v) is 6.82. The second-order valence-corrected chi connectivity index (χ2v) is 10.3. The molecule has 1 aromatic rings. The maximum absolute atomic E-state index is 13.4. The van der Waals surface area contributed by atoms with Gasteiger partial charge in [-0.25, -0.2) is 0 Å². The molecule has 0 spiro atoms. The van der Waals surface area contributed by atoms with Crippen LogP contribution >= 0.6 is 0 Å². The molecule has 204 valence electrons. The number of nitrogens with one attached hydrogen (secondary N) is 2. The van der Waals surface area contributed by atoms with Crippen LogP contribution in [0.25, 0.3) is 0 Å². The Labute approximate surface area is 223 Å². The molecule has 1 unspecified atom stereocenters. The fourth-order valence-corrected chi connectivity index (χ4v) is 4.75. The normalized spacial score (nSPS) is 21.9. The molecule has 1 saturated heterocycles. The molecule has 3 aliphatic heterocycles. The number of ether oxygens (including phenoxy) is 1. The minimum absolute atomic E-state index is 0. The zero-order chi connectivity index (χ0) is 25.9. The van der Waals surface area contributed by atoms with Gasteiger partial charge in [-0.05, 0) is 43.5 Å². The van der Waals surface area contributed by atoms with Crippen molar-refractivity contribution in [3.63, 3.8) is 0 Å². The summed E-state index contributed by atoms with van der Waals surface area (Å²) in [6.07, 6.45) is 5.17. The fourth-order valence-electron chi connectivity index (χ4n) is 4.75. The quantitative estimate of drug-likeness (QED) is 0.552. The van der Waals surface area contributed by atoms with Crippen molar-refractivity contribution in [2.75, 3.05) is 26.2 Å². The second kappa shape index (κ2) is 11.7. The maximum Gasteiger partial charge on any atom is 0.419 e. The molecule has 1 atom stereocenters. The molecule has 1 fully saturated rings. The number of benzene rings is 1. The molecule has 0 saturated carbocycles. The summed E-state index contributed by atoms with van der Waals surface area (Å²) in [5.74, 6) is 1.18. The number of carbonyl (C=O) groups excluding carboxylic acids is 1. The highest BCUT2D eigenvalue weighted by atomic mass is 35.5. The summed E-state index contributed by atoms with van der Waals surface area (Å²) < 4.78 is 45.9. The van der Waals surface area contributed by atoms with Gasteiger partial charge < -0.3 is 37.6 Å². The number of fused-ring (bicyclic) bond motifs is 1. The number of amides is 1. The van der Waals surface area contributed by atoms with Crippen LogP contribution in [0.15, 0.2) is 60.2 Å². The highest BCUT2D eigenvalue weighted by Gasteiger charge is 2.42. The number of halogens is 4. The van der Waals surface area contributed by atoms with E-state index in [1.165, 1.54) is 12.1 Å². The van der Waals surface area contributed by atoms with Crippen LogP contribution in [0.2, 0.25) is 0 Å². The van der Waals surface area contributed by atoms with E-state index in [0.29, 0.717) is 44.9 Å². The van der Waals surface area contributed by atoms with Crippen molar-refractivity contribution in [1.82, 2.24) is 20.4 Å². The Balaban J connectivity index is 0.00000380. The van der Waals surface area contributed by atoms with E-state index >= 15 is 0 Å². The molecular formula is C27H35ClF3N4O2-. The Morgan fingerprint density at radius 3 is 2.59 bits per heavy atom. The molecule has 0 bridgehead atoms. The SMILES string of the molecule is CC(C)CCNC(=O)C1(C)CN2C=CC=CC2=C(N2CCC(Oc3ccccc3C(F)(F)F)CC2)N1.[Cl-]. The monoisotopic (exact) mass is 539 g/mol. The van der Waals surface area contributed by atoms with E-state index < -0.39 is 17.3 Å². The zero-order valence-corrected chi connectivity index (χ0v) is 22.2. The van der Waals surface area contributed by atoms with E-state index in [1.54, 1.807) is 6.07 Å². The maximum atomic E-state index is 13.4. The first-order valence-corrected chi connectivity index (χ1v) is 12.6. The van der Waals surface area contributed by atoms with E-state index in [0.717, 1.165) is 24.0 Å². The minimum atomic E-state index is -4.46. The summed E-state index contributed by atoms with van der Waals surface area (Å²) in [5.41, 5.74) is -0.600. The van der Waals surface area contributed by atoms with Crippen LogP contribution in [-0.2, 0) is 11.0 Å². The molecule has 0 radical (unpaired) electrons. The van der Waals surface area contributed by atoms with Crippen molar-refractivity contribution in [1.29, 1.82) is 0 Å². The Morgan fingerprint density at radius 2 is 1.92 bits per heavy atom. The Bertz CT molecular complexity index is 1050. The zero-order valence-electron chi connectivity index (χ0n) is 21.4. The van der Waals surface area contributed by atoms with E-state index in [-0.39, 0.29) is 30.2 Å². The minimum Gasteiger partial charge on any atom is -1.00 e. The second-order valence-electron chi connectivity index (χ2n) is 10.3. The molecule has 4 rings (SSSR count). The average Bonchev–Trinajstić information content (AvgIpc) is 2.83. The number of alkyl halides is 3. The van der Waals surface area contributed by atoms with Gasteiger partial charge in [-0.1, -0.05) is 32.1 Å². The summed E-state index contributed by atoms with van der Waals surface area (Å²) >= 11 is 0. The summed E-state index contributed by atoms with van der Waals surface area (Å²) in [6, 6.07) is 5.35. The van der Waals surface area contributed by atoms with E-state index in [1.807, 2.05) is 31.4 Å². The van der Waals surface area contributed by atoms with Crippen molar-refractivity contribution in [2.24, 2.45) is 5.92 Å². The Kier molecular flexibility index (Phi) is 9.10. The molecule has 0 aliphatic carbocycles. The van der Waals surface area contributed by atoms with Gasteiger partial charge in [0.1, 0.15) is 23.2 Å². The van der Waals surface area contributed by atoms with Crippen LogP contribution in [0, 0.1) is 5.92 Å². The lowest BCUT2D eigenvalue weighted by Crippen LogP contribution is -3.00. The van der Waals surface area contributed by atoms with Gasteiger partial charge in [0.25, 0.3) is 0 Å². The van der Waals surface area contributed by atoms with Crippen molar-refractivity contribution in [3.05, 3.63) is 65.8 Å². The highest BCUT2D eigenvalue weighted by molar-refractivity contribution is 5.87. The number of hydrogen-bond donors (Lipinski definition) is 2. The van der Waals surface area contributed by atoms with Gasteiger partial charge in [-0.15, -0.1) is 0 Å². The summed E-state index contributed by atoms with van der Waals surface area (Å²) in [7, 11) is 0. The molecule has 6 nitrogen and oxygen atoms in total. The molecule has 3 aliphatic rings. The highest BCUT2D eigenvalue weighted by Crippen LogP contribution is 2.37.